The number of methoxy groups -OCH3 is 1. The van der Waals surface area contributed by atoms with E-state index in [0.717, 1.165) is 26.9 Å². The van der Waals surface area contributed by atoms with Gasteiger partial charge in [0, 0.05) is 15.6 Å². The normalized spacial score (nSPS) is 9.64. The number of ether oxygens (including phenoxy) is 1. The van der Waals surface area contributed by atoms with E-state index in [2.05, 4.69) is 22.0 Å². The first-order valence-corrected chi connectivity index (χ1v) is 5.10. The van der Waals surface area contributed by atoms with Crippen molar-refractivity contribution in [3.05, 3.63) is 27.2 Å². The molecule has 1 aromatic carbocycles. The van der Waals surface area contributed by atoms with E-state index in [1.165, 1.54) is 0 Å². The third-order valence-electron chi connectivity index (χ3n) is 2.17. The number of benzene rings is 1. The molecule has 0 unspecified atom stereocenters. The third kappa shape index (κ3) is 1.91. The molecule has 0 atom stereocenters. The second kappa shape index (κ2) is 4.47. The van der Waals surface area contributed by atoms with Gasteiger partial charge in [-0.15, -0.1) is 0 Å². The van der Waals surface area contributed by atoms with E-state index >= 15 is 0 Å². The number of aryl methyl sites for hydroxylation is 1. The van der Waals surface area contributed by atoms with Gasteiger partial charge < -0.3 is 4.74 Å². The summed E-state index contributed by atoms with van der Waals surface area (Å²) in [6.45, 7) is 3.99. The monoisotopic (exact) mass is 253 g/mol. The Morgan fingerprint density at radius 2 is 2.14 bits per heavy atom. The molecule has 2 nitrogen and oxygen atoms in total. The largest absolute Gasteiger partial charge is 0.496 e. The van der Waals surface area contributed by atoms with Crippen molar-refractivity contribution in [2.45, 2.75) is 20.3 Å². The summed E-state index contributed by atoms with van der Waals surface area (Å²) >= 11 is 3.49. The number of halogens is 1. The van der Waals surface area contributed by atoms with E-state index in [4.69, 9.17) is 10.00 Å². The predicted molar refractivity (Wildman–Crippen MR) is 59.5 cm³/mol. The summed E-state index contributed by atoms with van der Waals surface area (Å²) in [4.78, 5) is 0. The summed E-state index contributed by atoms with van der Waals surface area (Å²) < 4.78 is 6.34. The molecule has 0 heterocycles. The zero-order valence-corrected chi connectivity index (χ0v) is 10.1. The van der Waals surface area contributed by atoms with Crippen molar-refractivity contribution in [2.24, 2.45) is 0 Å². The molecule has 1 rings (SSSR count). The second-order valence-corrected chi connectivity index (χ2v) is 3.95. The molecule has 0 amide bonds. The van der Waals surface area contributed by atoms with Gasteiger partial charge in [0.1, 0.15) is 5.75 Å². The zero-order valence-electron chi connectivity index (χ0n) is 8.52. The smallest absolute Gasteiger partial charge is 0.127 e. The molecule has 0 N–H and O–H groups in total. The highest BCUT2D eigenvalue weighted by Crippen LogP contribution is 2.32. The van der Waals surface area contributed by atoms with Gasteiger partial charge in [-0.3, -0.25) is 0 Å². The molecule has 0 saturated heterocycles. The minimum absolute atomic E-state index is 0.387. The van der Waals surface area contributed by atoms with Crippen LogP contribution in [0.5, 0.6) is 5.75 Å². The summed E-state index contributed by atoms with van der Waals surface area (Å²) in [5, 5.41) is 8.67. The van der Waals surface area contributed by atoms with Crippen LogP contribution in [0.25, 0.3) is 0 Å². The van der Waals surface area contributed by atoms with Gasteiger partial charge in [-0.2, -0.15) is 5.26 Å². The fourth-order valence-corrected chi connectivity index (χ4v) is 1.82. The Kier molecular flexibility index (Phi) is 3.54. The third-order valence-corrected chi connectivity index (χ3v) is 3.39. The van der Waals surface area contributed by atoms with Crippen LogP contribution in [0.3, 0.4) is 0 Å². The van der Waals surface area contributed by atoms with Crippen LogP contribution in [-0.2, 0) is 6.42 Å². The maximum Gasteiger partial charge on any atom is 0.127 e. The van der Waals surface area contributed by atoms with Crippen molar-refractivity contribution in [3.8, 4) is 11.8 Å². The highest BCUT2D eigenvalue weighted by atomic mass is 79.9. The van der Waals surface area contributed by atoms with Crippen molar-refractivity contribution in [2.75, 3.05) is 7.11 Å². The molecule has 74 valence electrons. The SMILES string of the molecule is COc1c(CC#N)cc(C)c(Br)c1C. The Balaban J connectivity index is 3.37. The van der Waals surface area contributed by atoms with Crippen LogP contribution in [-0.4, -0.2) is 7.11 Å². The summed E-state index contributed by atoms with van der Waals surface area (Å²) in [5.74, 6) is 0.809. The van der Waals surface area contributed by atoms with Crippen LogP contribution >= 0.6 is 15.9 Å². The van der Waals surface area contributed by atoms with E-state index in [0.29, 0.717) is 6.42 Å². The lowest BCUT2D eigenvalue weighted by Gasteiger charge is -2.13. The maximum atomic E-state index is 8.67. The summed E-state index contributed by atoms with van der Waals surface area (Å²) in [5.41, 5.74) is 3.14. The van der Waals surface area contributed by atoms with Crippen LogP contribution < -0.4 is 4.74 Å². The van der Waals surface area contributed by atoms with Crippen LogP contribution in [0.4, 0.5) is 0 Å². The van der Waals surface area contributed by atoms with Gasteiger partial charge in [-0.25, -0.2) is 0 Å². The molecule has 0 aliphatic carbocycles. The molecule has 14 heavy (non-hydrogen) atoms. The lowest BCUT2D eigenvalue weighted by molar-refractivity contribution is 0.407. The van der Waals surface area contributed by atoms with E-state index in [1.807, 2.05) is 19.9 Å². The number of nitrogens with zero attached hydrogens (tertiary/aromatic N) is 1. The number of hydrogen-bond acceptors (Lipinski definition) is 2. The van der Waals surface area contributed by atoms with Crippen molar-refractivity contribution < 1.29 is 4.74 Å². The summed E-state index contributed by atoms with van der Waals surface area (Å²) in [7, 11) is 1.63. The maximum absolute atomic E-state index is 8.67. The van der Waals surface area contributed by atoms with E-state index in [1.54, 1.807) is 7.11 Å². The van der Waals surface area contributed by atoms with Crippen molar-refractivity contribution in [1.29, 1.82) is 5.26 Å². The van der Waals surface area contributed by atoms with Gasteiger partial charge in [-0.05, 0) is 19.4 Å². The van der Waals surface area contributed by atoms with Crippen molar-refractivity contribution >= 4 is 15.9 Å². The molecular formula is C11H12BrNO. The van der Waals surface area contributed by atoms with Crippen molar-refractivity contribution in [1.82, 2.24) is 0 Å². The first-order chi connectivity index (χ1) is 6.61. The Bertz CT molecular complexity index is 393. The van der Waals surface area contributed by atoms with Gasteiger partial charge in [0.2, 0.25) is 0 Å². The van der Waals surface area contributed by atoms with Gasteiger partial charge in [0.15, 0.2) is 0 Å². The van der Waals surface area contributed by atoms with Crippen LogP contribution in [0.15, 0.2) is 10.5 Å². The molecule has 3 heteroatoms. The Morgan fingerprint density at radius 3 is 2.64 bits per heavy atom. The van der Waals surface area contributed by atoms with Gasteiger partial charge >= 0.3 is 0 Å². The first-order valence-electron chi connectivity index (χ1n) is 4.31. The average molecular weight is 254 g/mol. The predicted octanol–water partition coefficient (Wildman–Crippen LogP) is 3.14. The van der Waals surface area contributed by atoms with Crippen LogP contribution in [0.1, 0.15) is 16.7 Å². The first kappa shape index (κ1) is 11.1. The number of nitriles is 1. The summed E-state index contributed by atoms with van der Waals surface area (Å²) in [6.07, 6.45) is 0.387. The van der Waals surface area contributed by atoms with E-state index in [-0.39, 0.29) is 0 Å². The summed E-state index contributed by atoms with van der Waals surface area (Å²) in [6, 6.07) is 4.12. The number of hydrogen-bond donors (Lipinski definition) is 0. The Labute approximate surface area is 92.6 Å². The zero-order chi connectivity index (χ0) is 10.7. The van der Waals surface area contributed by atoms with Gasteiger partial charge in [0.25, 0.3) is 0 Å². The lowest BCUT2D eigenvalue weighted by Crippen LogP contribution is -1.97. The second-order valence-electron chi connectivity index (χ2n) is 3.16. The molecular weight excluding hydrogens is 242 g/mol. The lowest BCUT2D eigenvalue weighted by atomic mass is 10.0. The van der Waals surface area contributed by atoms with Crippen LogP contribution in [0.2, 0.25) is 0 Å². The van der Waals surface area contributed by atoms with E-state index in [9.17, 15) is 0 Å². The topological polar surface area (TPSA) is 33.0 Å². The molecule has 0 aliphatic heterocycles. The van der Waals surface area contributed by atoms with Gasteiger partial charge in [0.05, 0.1) is 19.6 Å². The molecule has 0 aliphatic rings. The average Bonchev–Trinajstić information content (AvgIpc) is 2.16. The molecule has 0 spiro atoms. The number of rotatable bonds is 2. The molecule has 0 bridgehead atoms. The fourth-order valence-electron chi connectivity index (χ4n) is 1.53. The molecule has 0 saturated carbocycles. The molecule has 0 aromatic heterocycles. The Morgan fingerprint density at radius 1 is 1.50 bits per heavy atom. The molecule has 1 aromatic rings. The minimum Gasteiger partial charge on any atom is -0.496 e. The fraction of sp³-hybridized carbons (Fsp3) is 0.364. The standard InChI is InChI=1S/C11H12BrNO/c1-7-6-9(4-5-13)11(14-3)8(2)10(7)12/h6H,4H2,1-3H3. The van der Waals surface area contributed by atoms with E-state index < -0.39 is 0 Å². The highest BCUT2D eigenvalue weighted by molar-refractivity contribution is 9.10. The highest BCUT2D eigenvalue weighted by Gasteiger charge is 2.11. The molecule has 0 radical (unpaired) electrons. The molecule has 0 fully saturated rings. The van der Waals surface area contributed by atoms with Gasteiger partial charge in [-0.1, -0.05) is 22.0 Å². The Hall–Kier alpha value is -1.01. The minimum atomic E-state index is 0.387. The van der Waals surface area contributed by atoms with Crippen molar-refractivity contribution in [3.63, 3.8) is 0 Å². The van der Waals surface area contributed by atoms with Crippen LogP contribution in [0, 0.1) is 25.2 Å². The quantitative estimate of drug-likeness (QED) is 0.812.